The third-order valence-electron chi connectivity index (χ3n) is 4.64. The predicted octanol–water partition coefficient (Wildman–Crippen LogP) is -1.18. The highest BCUT2D eigenvalue weighted by Crippen LogP contribution is 2.25. The van der Waals surface area contributed by atoms with E-state index in [4.69, 9.17) is 0 Å². The Morgan fingerprint density at radius 2 is 0.778 bits per heavy atom. The molecule has 0 saturated carbocycles. The third kappa shape index (κ3) is 3.29. The van der Waals surface area contributed by atoms with Gasteiger partial charge in [-0.25, -0.2) is 0 Å². The van der Waals surface area contributed by atoms with Gasteiger partial charge in [0.1, 0.15) is 0 Å². The summed E-state index contributed by atoms with van der Waals surface area (Å²) in [6.45, 7) is 8.46. The molecule has 140 valence electrons. The van der Waals surface area contributed by atoms with Gasteiger partial charge < -0.3 is 30.2 Å². The normalized spacial score (nSPS) is 19.3. The monoisotopic (exact) mass is 368 g/mol. The van der Waals surface area contributed by atoms with Crippen LogP contribution in [0.2, 0.25) is 0 Å². The molecule has 2 N–H and O–H groups in total. The molecule has 0 amide bonds. The Labute approximate surface area is 155 Å². The summed E-state index contributed by atoms with van der Waals surface area (Å²) in [7, 11) is 0. The van der Waals surface area contributed by atoms with Crippen LogP contribution < -0.4 is 30.2 Å². The van der Waals surface area contributed by atoms with E-state index >= 15 is 0 Å². The third-order valence-corrected chi connectivity index (χ3v) is 4.64. The van der Waals surface area contributed by atoms with E-state index in [1.54, 1.807) is 0 Å². The van der Waals surface area contributed by atoms with Crippen LogP contribution in [-0.2, 0) is 0 Å². The molecule has 0 spiro atoms. The Morgan fingerprint density at radius 3 is 1.04 bits per heavy atom. The average Bonchev–Trinajstić information content (AvgIpc) is 3.57. The lowest BCUT2D eigenvalue weighted by Crippen LogP contribution is -2.18. The molecular weight excluding hydrogens is 348 g/mol. The minimum atomic E-state index is 0.422. The molecule has 4 aliphatic rings. The van der Waals surface area contributed by atoms with Crippen LogP contribution in [0.15, 0.2) is 0 Å². The highest BCUT2D eigenvalue weighted by molar-refractivity contribution is 5.52. The van der Waals surface area contributed by atoms with E-state index in [2.05, 4.69) is 60.1 Å². The van der Waals surface area contributed by atoms with Gasteiger partial charge in [0.05, 0.1) is 6.67 Å². The molecule has 6 heterocycles. The van der Waals surface area contributed by atoms with E-state index in [-0.39, 0.29) is 0 Å². The van der Waals surface area contributed by atoms with Gasteiger partial charge in [-0.1, -0.05) is 0 Å². The van der Waals surface area contributed by atoms with Crippen molar-refractivity contribution in [3.63, 3.8) is 0 Å². The highest BCUT2D eigenvalue weighted by Gasteiger charge is 2.28. The number of anilines is 6. The molecule has 2 aromatic rings. The van der Waals surface area contributed by atoms with Gasteiger partial charge >= 0.3 is 0 Å². The Bertz CT molecular complexity index is 739. The van der Waals surface area contributed by atoms with E-state index in [9.17, 15) is 0 Å². The summed E-state index contributed by atoms with van der Waals surface area (Å²) in [4.78, 5) is 35.5. The van der Waals surface area contributed by atoms with Crippen LogP contribution >= 0.6 is 0 Å². The second-order valence-corrected chi connectivity index (χ2v) is 7.00. The first kappa shape index (κ1) is 14.9. The smallest absolute Gasteiger partial charge is 0.232 e. The molecule has 0 atom stereocenters. The average molecular weight is 368 g/mol. The summed E-state index contributed by atoms with van der Waals surface area (Å²) in [6.07, 6.45) is 0. The minimum absolute atomic E-state index is 0.422. The summed E-state index contributed by atoms with van der Waals surface area (Å²) in [6, 6.07) is 0. The van der Waals surface area contributed by atoms with Crippen LogP contribution in [0, 0.1) is 0 Å². The molecule has 0 aromatic carbocycles. The molecule has 0 bridgehead atoms. The summed E-state index contributed by atoms with van der Waals surface area (Å²) < 4.78 is 0. The molecule has 4 aliphatic heterocycles. The Morgan fingerprint density at radius 1 is 0.481 bits per heavy atom. The zero-order valence-corrected chi connectivity index (χ0v) is 14.8. The van der Waals surface area contributed by atoms with Crippen molar-refractivity contribution in [3.8, 4) is 0 Å². The number of hydrogen-bond acceptors (Lipinski definition) is 12. The van der Waals surface area contributed by atoms with Gasteiger partial charge in [-0.2, -0.15) is 29.9 Å². The first-order valence-corrected chi connectivity index (χ1v) is 9.31. The molecule has 4 saturated heterocycles. The fourth-order valence-electron chi connectivity index (χ4n) is 2.63. The molecule has 0 unspecified atom stereocenters. The zero-order valence-electron chi connectivity index (χ0n) is 14.8. The summed E-state index contributed by atoms with van der Waals surface area (Å²) >= 11 is 0. The number of hydrogen-bond donors (Lipinski definition) is 2. The molecule has 4 fully saturated rings. The molecule has 27 heavy (non-hydrogen) atoms. The SMILES string of the molecule is C(Nc1nc(N2CC2)nc(N2CC2)n1)Nc1nc(N2CC2)nc(N2CC2)n1. The zero-order chi connectivity index (χ0) is 17.8. The second-order valence-electron chi connectivity index (χ2n) is 7.00. The first-order valence-electron chi connectivity index (χ1n) is 9.31. The molecule has 0 radical (unpaired) electrons. The standard InChI is InChI=1S/C15H20N12/c1-2-24(1)12-18-10(19-13(22-12)25-3-4-25)16-9-17-11-20-14(26-5-6-26)23-15(21-11)27-7-8-27/h1-9H2,(H,16,18,19,22)(H,17,20,21,23). The first-order chi connectivity index (χ1) is 13.3. The predicted molar refractivity (Wildman–Crippen MR) is 101 cm³/mol. The lowest BCUT2D eigenvalue weighted by atomic mass is 10.7. The Kier molecular flexibility index (Phi) is 3.13. The quantitative estimate of drug-likeness (QED) is 0.432. The number of aromatic nitrogens is 6. The van der Waals surface area contributed by atoms with Crippen molar-refractivity contribution < 1.29 is 0 Å². The van der Waals surface area contributed by atoms with Gasteiger partial charge in [0.25, 0.3) is 0 Å². The van der Waals surface area contributed by atoms with Gasteiger partial charge in [0, 0.05) is 52.4 Å². The summed E-state index contributed by atoms with van der Waals surface area (Å²) in [5.74, 6) is 4.08. The number of nitrogens with zero attached hydrogens (tertiary/aromatic N) is 10. The van der Waals surface area contributed by atoms with E-state index in [0.717, 1.165) is 76.2 Å². The van der Waals surface area contributed by atoms with Crippen LogP contribution in [0.25, 0.3) is 0 Å². The van der Waals surface area contributed by atoms with Gasteiger partial charge in [-0.05, 0) is 0 Å². The molecule has 0 aliphatic carbocycles. The Hall–Kier alpha value is -3.18. The maximum absolute atomic E-state index is 4.52. The molecule has 6 rings (SSSR count). The van der Waals surface area contributed by atoms with Crippen LogP contribution in [0.4, 0.5) is 35.7 Å². The van der Waals surface area contributed by atoms with Crippen molar-refractivity contribution in [3.05, 3.63) is 0 Å². The van der Waals surface area contributed by atoms with E-state index in [1.165, 1.54) is 0 Å². The summed E-state index contributed by atoms with van der Waals surface area (Å²) in [5, 5.41) is 6.43. The maximum atomic E-state index is 4.52. The lowest BCUT2D eigenvalue weighted by molar-refractivity contribution is 0.964. The van der Waals surface area contributed by atoms with Crippen molar-refractivity contribution in [2.45, 2.75) is 0 Å². The molecular formula is C15H20N12. The van der Waals surface area contributed by atoms with Crippen LogP contribution in [0.5, 0.6) is 0 Å². The molecule has 2 aromatic heterocycles. The van der Waals surface area contributed by atoms with Crippen LogP contribution in [0.1, 0.15) is 0 Å². The van der Waals surface area contributed by atoms with Crippen LogP contribution in [-0.4, -0.2) is 88.9 Å². The van der Waals surface area contributed by atoms with Crippen LogP contribution in [0.3, 0.4) is 0 Å². The van der Waals surface area contributed by atoms with Crippen molar-refractivity contribution in [1.82, 2.24) is 29.9 Å². The largest absolute Gasteiger partial charge is 0.337 e. The fraction of sp³-hybridized carbons (Fsp3) is 0.600. The van der Waals surface area contributed by atoms with Gasteiger partial charge in [-0.3, -0.25) is 0 Å². The van der Waals surface area contributed by atoms with Crippen molar-refractivity contribution >= 4 is 35.7 Å². The molecule has 12 nitrogen and oxygen atoms in total. The van der Waals surface area contributed by atoms with Gasteiger partial charge in [0.2, 0.25) is 35.7 Å². The van der Waals surface area contributed by atoms with E-state index in [1.807, 2.05) is 0 Å². The van der Waals surface area contributed by atoms with Crippen molar-refractivity contribution in [1.29, 1.82) is 0 Å². The maximum Gasteiger partial charge on any atom is 0.232 e. The minimum Gasteiger partial charge on any atom is -0.337 e. The van der Waals surface area contributed by atoms with Gasteiger partial charge in [0.15, 0.2) is 0 Å². The number of rotatable bonds is 8. The molecule has 12 heteroatoms. The Balaban J connectivity index is 1.16. The van der Waals surface area contributed by atoms with E-state index in [0.29, 0.717) is 18.6 Å². The summed E-state index contributed by atoms with van der Waals surface area (Å²) in [5.41, 5.74) is 0. The topological polar surface area (TPSA) is 113 Å². The number of nitrogens with one attached hydrogen (secondary N) is 2. The van der Waals surface area contributed by atoms with Crippen molar-refractivity contribution in [2.75, 3.05) is 89.3 Å². The lowest BCUT2D eigenvalue weighted by Gasteiger charge is -2.12. The fourth-order valence-corrected chi connectivity index (χ4v) is 2.63. The second kappa shape index (κ2) is 5.66. The van der Waals surface area contributed by atoms with Crippen molar-refractivity contribution in [2.24, 2.45) is 0 Å². The highest BCUT2D eigenvalue weighted by atomic mass is 15.5. The van der Waals surface area contributed by atoms with Gasteiger partial charge in [-0.15, -0.1) is 0 Å². The van der Waals surface area contributed by atoms with E-state index < -0.39 is 0 Å².